The Kier molecular flexibility index (Phi) is 10.3. The normalized spacial score (nSPS) is 13.4. The highest BCUT2D eigenvalue weighted by molar-refractivity contribution is 6.69. The third kappa shape index (κ3) is 7.62. The first-order chi connectivity index (χ1) is 34.7. The fourth-order valence-corrected chi connectivity index (χ4v) is 10.3. The Morgan fingerprint density at radius 1 is 0.371 bits per heavy atom. The zero-order chi connectivity index (χ0) is 46.4. The zero-order valence-electron chi connectivity index (χ0n) is 38.1. The number of nitrogens with one attached hydrogen (secondary N) is 2. The Labute approximate surface area is 407 Å². The molecule has 2 aliphatic heterocycles. The molecule has 0 saturated heterocycles. The maximum Gasteiger partial charge on any atom is 0.193 e. The highest BCUT2D eigenvalue weighted by Gasteiger charge is 2.27. The van der Waals surface area contributed by atoms with Gasteiger partial charge >= 0.3 is 0 Å². The van der Waals surface area contributed by atoms with Gasteiger partial charge in [-0.25, -0.2) is 20.0 Å². The van der Waals surface area contributed by atoms with Gasteiger partial charge in [0.2, 0.25) is 0 Å². The summed E-state index contributed by atoms with van der Waals surface area (Å²) in [4.78, 5) is 19.8. The first-order valence-electron chi connectivity index (χ1n) is 23.8. The Morgan fingerprint density at radius 2 is 0.986 bits per heavy atom. The van der Waals surface area contributed by atoms with Crippen molar-refractivity contribution >= 4 is 92.6 Å². The lowest BCUT2D eigenvalue weighted by Crippen LogP contribution is -2.28. The quantitative estimate of drug-likeness (QED) is 0.134. The van der Waals surface area contributed by atoms with Crippen LogP contribution in [0.15, 0.2) is 241 Å². The van der Waals surface area contributed by atoms with Crippen LogP contribution < -0.4 is 32.5 Å². The van der Waals surface area contributed by atoms with Crippen LogP contribution in [0.25, 0.3) is 66.2 Å². The number of hydrogen-bond acceptors (Lipinski definition) is 4. The van der Waals surface area contributed by atoms with E-state index in [0.29, 0.717) is 11.6 Å². The number of aromatic nitrogens is 2. The van der Waals surface area contributed by atoms with E-state index in [4.69, 9.17) is 15.0 Å². The summed E-state index contributed by atoms with van der Waals surface area (Å²) in [6.45, 7) is 0. The Bertz CT molecular complexity index is 3880. The van der Waals surface area contributed by atoms with Gasteiger partial charge in [-0.1, -0.05) is 210 Å². The molecule has 4 heterocycles. The molecule has 0 saturated carbocycles. The molecule has 0 aliphatic carbocycles. The molecule has 0 spiro atoms. The number of benzene rings is 9. The van der Waals surface area contributed by atoms with Gasteiger partial charge in [0, 0.05) is 39.3 Å². The van der Waals surface area contributed by atoms with Gasteiger partial charge in [0.05, 0.1) is 11.4 Å². The molecule has 2 N–H and O–H groups in total. The number of aliphatic imine (C=N–C) groups is 2. The smallest absolute Gasteiger partial charge is 0.193 e. The lowest BCUT2D eigenvalue weighted by molar-refractivity contribution is 1.27. The van der Waals surface area contributed by atoms with Crippen molar-refractivity contribution in [1.82, 2.24) is 9.97 Å². The largest absolute Gasteiger partial charge is 0.339 e. The van der Waals surface area contributed by atoms with E-state index < -0.39 is 0 Å². The van der Waals surface area contributed by atoms with Crippen LogP contribution in [0.1, 0.15) is 11.1 Å². The molecular formula is C62H42B2N6. The lowest BCUT2D eigenvalue weighted by atomic mass is 9.62. The summed E-state index contributed by atoms with van der Waals surface area (Å²) in [5, 5.41) is 12.1. The van der Waals surface area contributed by atoms with E-state index in [1.54, 1.807) is 6.20 Å². The minimum Gasteiger partial charge on any atom is -0.339 e. The first kappa shape index (κ1) is 41.1. The van der Waals surface area contributed by atoms with Gasteiger partial charge in [-0.2, -0.15) is 0 Å². The van der Waals surface area contributed by atoms with Gasteiger partial charge < -0.3 is 10.6 Å². The molecule has 9 aromatic carbocycles. The standard InChI is InChI=1S/C62H42B2N6/c1-3-16-42(17-4-1)63-44-20-11-15-41(37-44)52-38-51(47-23-13-25-50-59(47)60(52)70-62(50)68-56-28-9-10-36-65-56)40-32-30-39(31-33-40)45-34-35-55-58-46(45)22-12-24-49(58)61(67-55)69-57-29-14-27-54(66-57)48-21-7-8-26-53(48)64-43-18-5-2-6-19-43/h1-38,63-64H,(H,65,68,70)(H,66,67,69). The number of hydrogen-bond donors (Lipinski definition) is 2. The number of anilines is 2. The van der Waals surface area contributed by atoms with Crippen LogP contribution in [-0.2, 0) is 0 Å². The minimum absolute atomic E-state index is 0.661. The molecule has 0 radical (unpaired) electrons. The number of pyridine rings is 2. The van der Waals surface area contributed by atoms with Gasteiger partial charge in [-0.05, 0) is 80.6 Å². The van der Waals surface area contributed by atoms with E-state index in [1.165, 1.54) is 43.8 Å². The fraction of sp³-hybridized carbons (Fsp3) is 0. The Balaban J connectivity index is 0.857. The first-order valence-corrected chi connectivity index (χ1v) is 23.8. The Morgan fingerprint density at radius 3 is 1.77 bits per heavy atom. The van der Waals surface area contributed by atoms with Crippen molar-refractivity contribution in [2.75, 3.05) is 10.6 Å². The Hall–Kier alpha value is -9.13. The maximum atomic E-state index is 5.14. The van der Waals surface area contributed by atoms with Crippen LogP contribution >= 0.6 is 0 Å². The fourth-order valence-electron chi connectivity index (χ4n) is 10.3. The van der Waals surface area contributed by atoms with Gasteiger partial charge in [0.1, 0.15) is 11.7 Å². The molecule has 2 aliphatic rings. The molecule has 6 nitrogen and oxygen atoms in total. The van der Waals surface area contributed by atoms with Crippen molar-refractivity contribution in [1.29, 1.82) is 0 Å². The van der Waals surface area contributed by atoms with Crippen molar-refractivity contribution < 1.29 is 0 Å². The molecule has 0 bridgehead atoms. The molecule has 0 amide bonds. The summed E-state index contributed by atoms with van der Waals surface area (Å²) in [6, 6.07) is 79.5. The van der Waals surface area contributed by atoms with E-state index >= 15 is 0 Å². The third-order valence-corrected chi connectivity index (χ3v) is 13.6. The summed E-state index contributed by atoms with van der Waals surface area (Å²) in [5.74, 6) is 2.92. The summed E-state index contributed by atoms with van der Waals surface area (Å²) in [7, 11) is 1.69. The second-order valence-corrected chi connectivity index (χ2v) is 18.0. The summed E-state index contributed by atoms with van der Waals surface area (Å²) in [6.07, 6.45) is 1.78. The van der Waals surface area contributed by atoms with Crippen molar-refractivity contribution in [3.05, 3.63) is 242 Å². The van der Waals surface area contributed by atoms with E-state index in [-0.39, 0.29) is 0 Å². The molecule has 0 fully saturated rings. The molecule has 0 unspecified atom stereocenters. The van der Waals surface area contributed by atoms with Gasteiger partial charge in [-0.3, -0.25) is 0 Å². The lowest BCUT2D eigenvalue weighted by Gasteiger charge is -2.16. The van der Waals surface area contributed by atoms with Crippen molar-refractivity contribution in [2.45, 2.75) is 0 Å². The van der Waals surface area contributed by atoms with Crippen LogP contribution in [0, 0.1) is 0 Å². The number of amidine groups is 2. The second kappa shape index (κ2) is 17.5. The topological polar surface area (TPSA) is 74.6 Å². The van der Waals surface area contributed by atoms with E-state index in [9.17, 15) is 0 Å². The van der Waals surface area contributed by atoms with Gasteiger partial charge in [0.25, 0.3) is 0 Å². The number of nitrogens with zero attached hydrogens (tertiary/aromatic N) is 4. The van der Waals surface area contributed by atoms with E-state index in [1.807, 2.05) is 30.3 Å². The summed E-state index contributed by atoms with van der Waals surface area (Å²) >= 11 is 0. The van der Waals surface area contributed by atoms with Gasteiger partial charge in [-0.15, -0.1) is 0 Å². The highest BCUT2D eigenvalue weighted by atomic mass is 15.1. The third-order valence-electron chi connectivity index (χ3n) is 13.6. The average Bonchev–Trinajstić information content (AvgIpc) is 3.96. The van der Waals surface area contributed by atoms with Crippen molar-refractivity contribution in [2.24, 2.45) is 9.98 Å². The van der Waals surface area contributed by atoms with E-state index in [0.717, 1.165) is 93.0 Å². The van der Waals surface area contributed by atoms with Crippen LogP contribution in [0.3, 0.4) is 0 Å². The van der Waals surface area contributed by atoms with Gasteiger partial charge in [0.15, 0.2) is 26.2 Å². The molecule has 13 rings (SSSR count). The zero-order valence-corrected chi connectivity index (χ0v) is 38.1. The molecule has 70 heavy (non-hydrogen) atoms. The maximum absolute atomic E-state index is 5.14. The SMILES string of the molecule is B(c1ccccc1)c1cccc(-c2cc(-c3ccc(-c4ccc5c6c(cccc46)/C(=N/c4cccc(-c6ccccc6Bc6ccccc6)n4)N5)cc3)c3cccc4c3c2N/C4=N\c2ccccn2)c1. The van der Waals surface area contributed by atoms with Crippen LogP contribution in [-0.4, -0.2) is 36.2 Å². The minimum atomic E-state index is 0.661. The highest BCUT2D eigenvalue weighted by Crippen LogP contribution is 2.46. The second-order valence-electron chi connectivity index (χ2n) is 18.0. The van der Waals surface area contributed by atoms with Crippen molar-refractivity contribution in [3.8, 4) is 44.6 Å². The predicted octanol–water partition coefficient (Wildman–Crippen LogP) is 11.2. The summed E-state index contributed by atoms with van der Waals surface area (Å²) in [5.41, 5.74) is 18.2. The average molecular weight is 893 g/mol. The van der Waals surface area contributed by atoms with Crippen LogP contribution in [0.2, 0.25) is 0 Å². The molecule has 0 atom stereocenters. The monoisotopic (exact) mass is 892 g/mol. The summed E-state index contributed by atoms with van der Waals surface area (Å²) < 4.78 is 0. The molecule has 8 heteroatoms. The molecule has 2 aromatic heterocycles. The molecule has 326 valence electrons. The molecule has 11 aromatic rings. The number of rotatable bonds is 10. The van der Waals surface area contributed by atoms with Crippen LogP contribution in [0.4, 0.5) is 23.0 Å². The van der Waals surface area contributed by atoms with E-state index in [2.05, 4.69) is 210 Å². The molecular weight excluding hydrogens is 850 g/mol. The van der Waals surface area contributed by atoms with Crippen LogP contribution in [0.5, 0.6) is 0 Å². The predicted molar refractivity (Wildman–Crippen MR) is 297 cm³/mol. The van der Waals surface area contributed by atoms with Crippen molar-refractivity contribution in [3.63, 3.8) is 0 Å².